The van der Waals surface area contributed by atoms with Crippen LogP contribution >= 0.6 is 0 Å². The van der Waals surface area contributed by atoms with Gasteiger partial charge in [0.15, 0.2) is 0 Å². The highest BCUT2D eigenvalue weighted by atomic mass is 16.2. The highest BCUT2D eigenvalue weighted by molar-refractivity contribution is 6.05. The second kappa shape index (κ2) is 5.45. The normalized spacial score (nSPS) is 11.4. The number of carbonyl (C=O) groups is 1. The SMILES string of the molecule is C/C(=N\C(=O)NN)c1cnn(-c2ccccc2)c1C. The van der Waals surface area contributed by atoms with Gasteiger partial charge in [-0.3, -0.25) is 5.43 Å². The first-order valence-electron chi connectivity index (χ1n) is 5.79. The van der Waals surface area contributed by atoms with Gasteiger partial charge in [0.1, 0.15) is 0 Å². The van der Waals surface area contributed by atoms with Gasteiger partial charge in [0.05, 0.1) is 23.3 Å². The van der Waals surface area contributed by atoms with Crippen molar-refractivity contribution in [1.29, 1.82) is 0 Å². The van der Waals surface area contributed by atoms with E-state index in [1.165, 1.54) is 0 Å². The minimum absolute atomic E-state index is 0.572. The van der Waals surface area contributed by atoms with Gasteiger partial charge in [-0.2, -0.15) is 10.1 Å². The lowest BCUT2D eigenvalue weighted by Gasteiger charge is -2.05. The number of hydrazine groups is 1. The van der Waals surface area contributed by atoms with E-state index in [4.69, 9.17) is 5.84 Å². The van der Waals surface area contributed by atoms with Gasteiger partial charge in [0.25, 0.3) is 0 Å². The molecule has 6 nitrogen and oxygen atoms in total. The smallest absolute Gasteiger partial charge is 0.274 e. The quantitative estimate of drug-likeness (QED) is 0.370. The van der Waals surface area contributed by atoms with Crippen LogP contribution in [0.3, 0.4) is 0 Å². The number of benzene rings is 1. The Morgan fingerprint density at radius 3 is 2.68 bits per heavy atom. The van der Waals surface area contributed by atoms with Crippen LogP contribution in [0.5, 0.6) is 0 Å². The van der Waals surface area contributed by atoms with E-state index in [1.807, 2.05) is 42.7 Å². The molecular weight excluding hydrogens is 242 g/mol. The Balaban J connectivity index is 2.39. The summed E-state index contributed by atoms with van der Waals surface area (Å²) in [6.45, 7) is 3.67. The lowest BCUT2D eigenvalue weighted by Crippen LogP contribution is -2.27. The zero-order valence-electron chi connectivity index (χ0n) is 10.8. The summed E-state index contributed by atoms with van der Waals surface area (Å²) in [5, 5.41) is 4.31. The Morgan fingerprint density at radius 2 is 2.05 bits per heavy atom. The first-order chi connectivity index (χ1) is 9.13. The largest absolute Gasteiger partial charge is 0.355 e. The first-order valence-corrected chi connectivity index (χ1v) is 5.79. The molecule has 0 unspecified atom stereocenters. The van der Waals surface area contributed by atoms with Crippen molar-refractivity contribution >= 4 is 11.7 Å². The molecule has 2 aromatic rings. The summed E-state index contributed by atoms with van der Waals surface area (Å²) in [5.74, 6) is 5.01. The van der Waals surface area contributed by atoms with Crippen LogP contribution in [-0.4, -0.2) is 21.5 Å². The van der Waals surface area contributed by atoms with Gasteiger partial charge in [-0.15, -0.1) is 0 Å². The first kappa shape index (κ1) is 13.0. The van der Waals surface area contributed by atoms with E-state index < -0.39 is 6.03 Å². The molecule has 0 saturated heterocycles. The molecule has 1 aromatic carbocycles. The number of nitrogens with zero attached hydrogens (tertiary/aromatic N) is 3. The highest BCUT2D eigenvalue weighted by Gasteiger charge is 2.11. The maximum atomic E-state index is 11.1. The molecule has 0 aliphatic carbocycles. The third-order valence-electron chi connectivity index (χ3n) is 2.79. The van der Waals surface area contributed by atoms with E-state index in [1.54, 1.807) is 17.8 Å². The molecule has 0 atom stereocenters. The van der Waals surface area contributed by atoms with Crippen LogP contribution in [-0.2, 0) is 0 Å². The minimum atomic E-state index is -0.579. The topological polar surface area (TPSA) is 85.3 Å². The van der Waals surface area contributed by atoms with E-state index in [0.29, 0.717) is 5.71 Å². The van der Waals surface area contributed by atoms with E-state index in [-0.39, 0.29) is 0 Å². The molecule has 19 heavy (non-hydrogen) atoms. The Morgan fingerprint density at radius 1 is 1.37 bits per heavy atom. The predicted molar refractivity (Wildman–Crippen MR) is 73.2 cm³/mol. The Labute approximate surface area is 110 Å². The second-order valence-corrected chi connectivity index (χ2v) is 4.04. The molecule has 3 N–H and O–H groups in total. The number of aliphatic imine (C=N–C) groups is 1. The number of urea groups is 1. The van der Waals surface area contributed by atoms with Crippen LogP contribution in [0.25, 0.3) is 5.69 Å². The molecule has 2 rings (SSSR count). The molecular formula is C13H15N5O. The number of hydrogen-bond donors (Lipinski definition) is 2. The molecule has 98 valence electrons. The lowest BCUT2D eigenvalue weighted by molar-refractivity contribution is 0.249. The highest BCUT2D eigenvalue weighted by Crippen LogP contribution is 2.14. The Hall–Kier alpha value is -2.47. The van der Waals surface area contributed by atoms with Gasteiger partial charge >= 0.3 is 6.03 Å². The van der Waals surface area contributed by atoms with E-state index in [9.17, 15) is 4.79 Å². The van der Waals surface area contributed by atoms with Gasteiger partial charge in [-0.25, -0.2) is 15.3 Å². The summed E-state index contributed by atoms with van der Waals surface area (Å²) in [6, 6.07) is 9.18. The third-order valence-corrected chi connectivity index (χ3v) is 2.79. The molecule has 0 fully saturated rings. The van der Waals surface area contributed by atoms with Crippen LogP contribution < -0.4 is 11.3 Å². The summed E-state index contributed by atoms with van der Waals surface area (Å²) in [4.78, 5) is 15.0. The number of para-hydroxylation sites is 1. The van der Waals surface area contributed by atoms with Gasteiger partial charge in [0, 0.05) is 5.56 Å². The van der Waals surface area contributed by atoms with Gasteiger partial charge in [0.2, 0.25) is 0 Å². The number of carbonyl (C=O) groups excluding carboxylic acids is 1. The predicted octanol–water partition coefficient (Wildman–Crippen LogP) is 1.57. The fourth-order valence-corrected chi connectivity index (χ4v) is 1.84. The van der Waals surface area contributed by atoms with Crippen molar-refractivity contribution in [3.05, 3.63) is 47.8 Å². The van der Waals surface area contributed by atoms with Crippen molar-refractivity contribution in [2.75, 3.05) is 0 Å². The fraction of sp³-hybridized carbons (Fsp3) is 0.154. The Kier molecular flexibility index (Phi) is 3.72. The molecule has 0 radical (unpaired) electrons. The summed E-state index contributed by atoms with van der Waals surface area (Å²) >= 11 is 0. The van der Waals surface area contributed by atoms with Crippen molar-refractivity contribution in [1.82, 2.24) is 15.2 Å². The van der Waals surface area contributed by atoms with Crippen molar-refractivity contribution in [3.63, 3.8) is 0 Å². The van der Waals surface area contributed by atoms with Crippen LogP contribution in [0, 0.1) is 6.92 Å². The van der Waals surface area contributed by atoms with Crippen molar-refractivity contribution < 1.29 is 4.79 Å². The Bertz CT molecular complexity index is 615. The van der Waals surface area contributed by atoms with Gasteiger partial charge in [-0.05, 0) is 26.0 Å². The third kappa shape index (κ3) is 2.69. The summed E-state index contributed by atoms with van der Waals surface area (Å²) < 4.78 is 1.80. The second-order valence-electron chi connectivity index (χ2n) is 4.04. The molecule has 2 amide bonds. The van der Waals surface area contributed by atoms with E-state index in [0.717, 1.165) is 16.9 Å². The average Bonchev–Trinajstić information content (AvgIpc) is 2.81. The molecule has 1 heterocycles. The zero-order valence-corrected chi connectivity index (χ0v) is 10.8. The maximum absolute atomic E-state index is 11.1. The van der Waals surface area contributed by atoms with Crippen LogP contribution in [0.4, 0.5) is 4.79 Å². The summed E-state index contributed by atoms with van der Waals surface area (Å²) in [5.41, 5.74) is 5.23. The fourth-order valence-electron chi connectivity index (χ4n) is 1.84. The molecule has 0 spiro atoms. The van der Waals surface area contributed by atoms with Crippen LogP contribution in [0.1, 0.15) is 18.2 Å². The standard InChI is InChI=1S/C13H15N5O/c1-9(16-13(19)17-14)12-8-15-18(10(12)2)11-6-4-3-5-7-11/h3-8H,14H2,1-2H3,(H,17,19)/b16-9+. The molecule has 0 bridgehead atoms. The minimum Gasteiger partial charge on any atom is -0.274 e. The lowest BCUT2D eigenvalue weighted by atomic mass is 10.2. The summed E-state index contributed by atoms with van der Waals surface area (Å²) in [6.07, 6.45) is 1.69. The monoisotopic (exact) mass is 257 g/mol. The number of nitrogens with one attached hydrogen (secondary N) is 1. The van der Waals surface area contributed by atoms with Gasteiger partial charge in [-0.1, -0.05) is 18.2 Å². The number of aromatic nitrogens is 2. The van der Waals surface area contributed by atoms with Gasteiger partial charge < -0.3 is 0 Å². The molecule has 6 heteroatoms. The van der Waals surface area contributed by atoms with Crippen molar-refractivity contribution in [3.8, 4) is 5.69 Å². The average molecular weight is 257 g/mol. The van der Waals surface area contributed by atoms with Crippen molar-refractivity contribution in [2.45, 2.75) is 13.8 Å². The van der Waals surface area contributed by atoms with E-state index in [2.05, 4.69) is 10.1 Å². The molecule has 0 saturated carbocycles. The number of hydrogen-bond acceptors (Lipinski definition) is 3. The zero-order chi connectivity index (χ0) is 13.8. The van der Waals surface area contributed by atoms with Crippen molar-refractivity contribution in [2.24, 2.45) is 10.8 Å². The number of nitrogens with two attached hydrogens (primary N) is 1. The van der Waals surface area contributed by atoms with E-state index >= 15 is 0 Å². The maximum Gasteiger partial charge on any atom is 0.355 e. The molecule has 1 aromatic heterocycles. The molecule has 0 aliphatic rings. The number of amides is 2. The molecule has 0 aliphatic heterocycles. The summed E-state index contributed by atoms with van der Waals surface area (Å²) in [7, 11) is 0. The van der Waals surface area contributed by atoms with Crippen LogP contribution in [0.2, 0.25) is 0 Å². The van der Waals surface area contributed by atoms with Crippen LogP contribution in [0.15, 0.2) is 41.5 Å². The number of rotatable bonds is 2.